The van der Waals surface area contributed by atoms with Gasteiger partial charge in [-0.15, -0.1) is 12.4 Å². The number of ether oxygens (including phenoxy) is 2. The van der Waals surface area contributed by atoms with Crippen LogP contribution in [-0.2, 0) is 9.47 Å². The molecule has 17 heavy (non-hydrogen) atoms. The monoisotopic (exact) mass is 266 g/mol. The van der Waals surface area contributed by atoms with Gasteiger partial charge in [0.1, 0.15) is 5.60 Å². The lowest BCUT2D eigenvalue weighted by molar-refractivity contribution is -0.0126. The van der Waals surface area contributed by atoms with Crippen LogP contribution in [0.25, 0.3) is 0 Å². The van der Waals surface area contributed by atoms with Gasteiger partial charge >= 0.3 is 6.09 Å². The molecular weight excluding hydrogens is 244 g/mol. The Morgan fingerprint density at radius 2 is 2.00 bits per heavy atom. The predicted molar refractivity (Wildman–Crippen MR) is 68.4 cm³/mol. The van der Waals surface area contributed by atoms with Gasteiger partial charge in [0.25, 0.3) is 0 Å². The molecule has 6 heteroatoms. The molecule has 102 valence electrons. The van der Waals surface area contributed by atoms with Crippen molar-refractivity contribution in [3.8, 4) is 0 Å². The molecule has 2 atom stereocenters. The first kappa shape index (κ1) is 16.5. The second-order valence-electron chi connectivity index (χ2n) is 5.15. The molecule has 1 aliphatic rings. The lowest BCUT2D eigenvalue weighted by atomic mass is 10.0. The first-order valence-electron chi connectivity index (χ1n) is 5.60. The van der Waals surface area contributed by atoms with Crippen molar-refractivity contribution >= 4 is 18.5 Å². The van der Waals surface area contributed by atoms with E-state index in [1.807, 2.05) is 20.8 Å². The maximum absolute atomic E-state index is 11.8. The predicted octanol–water partition coefficient (Wildman–Crippen LogP) is 1.39. The van der Waals surface area contributed by atoms with Crippen LogP contribution in [0.4, 0.5) is 4.79 Å². The summed E-state index contributed by atoms with van der Waals surface area (Å²) >= 11 is 0. The van der Waals surface area contributed by atoms with Crippen LogP contribution in [0.15, 0.2) is 0 Å². The fraction of sp³-hybridized carbons (Fsp3) is 0.909. The molecule has 0 aromatic heterocycles. The van der Waals surface area contributed by atoms with Crippen molar-refractivity contribution in [2.24, 2.45) is 5.73 Å². The third kappa shape index (κ3) is 5.10. The standard InChI is InChI=1S/C11H22N2O3.ClH/c1-11(2,3)16-10(14)13-6-5-8(12)9(7-13)15-4;/h8-9H,5-7,12H2,1-4H3;1H. The second kappa shape index (κ2) is 6.42. The average Bonchev–Trinajstić information content (AvgIpc) is 2.15. The Morgan fingerprint density at radius 3 is 2.47 bits per heavy atom. The number of halogens is 1. The summed E-state index contributed by atoms with van der Waals surface area (Å²) in [5.74, 6) is 0. The van der Waals surface area contributed by atoms with Crippen molar-refractivity contribution in [1.29, 1.82) is 0 Å². The number of piperidine rings is 1. The van der Waals surface area contributed by atoms with Gasteiger partial charge in [0.2, 0.25) is 0 Å². The Hall–Kier alpha value is -0.520. The molecule has 0 aromatic rings. The topological polar surface area (TPSA) is 64.8 Å². The highest BCUT2D eigenvalue weighted by molar-refractivity contribution is 5.85. The zero-order valence-corrected chi connectivity index (χ0v) is 11.8. The molecule has 1 rings (SSSR count). The summed E-state index contributed by atoms with van der Waals surface area (Å²) in [5, 5.41) is 0. The van der Waals surface area contributed by atoms with Gasteiger partial charge in [0, 0.05) is 19.7 Å². The molecule has 1 aliphatic heterocycles. The summed E-state index contributed by atoms with van der Waals surface area (Å²) in [7, 11) is 1.61. The van der Waals surface area contributed by atoms with E-state index < -0.39 is 5.60 Å². The van der Waals surface area contributed by atoms with E-state index in [1.165, 1.54) is 0 Å². The molecule has 0 spiro atoms. The maximum atomic E-state index is 11.8. The highest BCUT2D eigenvalue weighted by Gasteiger charge is 2.31. The minimum Gasteiger partial charge on any atom is -0.444 e. The Morgan fingerprint density at radius 1 is 1.41 bits per heavy atom. The van der Waals surface area contributed by atoms with E-state index in [0.717, 1.165) is 6.42 Å². The molecule has 2 unspecified atom stereocenters. The molecule has 0 radical (unpaired) electrons. The Labute approximate surface area is 109 Å². The fourth-order valence-electron chi connectivity index (χ4n) is 1.68. The molecule has 0 aliphatic carbocycles. The Bertz CT molecular complexity index is 256. The van der Waals surface area contributed by atoms with Gasteiger partial charge in [0.15, 0.2) is 0 Å². The molecule has 0 saturated carbocycles. The van der Waals surface area contributed by atoms with E-state index in [4.69, 9.17) is 15.2 Å². The van der Waals surface area contributed by atoms with E-state index in [-0.39, 0.29) is 30.6 Å². The number of hydrogen-bond acceptors (Lipinski definition) is 4. The van der Waals surface area contributed by atoms with Crippen molar-refractivity contribution in [3.63, 3.8) is 0 Å². The van der Waals surface area contributed by atoms with Crippen LogP contribution in [0.3, 0.4) is 0 Å². The van der Waals surface area contributed by atoms with Gasteiger partial charge in [-0.2, -0.15) is 0 Å². The quantitative estimate of drug-likeness (QED) is 0.779. The first-order chi connectivity index (χ1) is 7.33. The number of carbonyl (C=O) groups excluding carboxylic acids is 1. The minimum atomic E-state index is -0.459. The van der Waals surface area contributed by atoms with Crippen LogP contribution in [0, 0.1) is 0 Å². The summed E-state index contributed by atoms with van der Waals surface area (Å²) in [6, 6.07) is 0.00341. The average molecular weight is 267 g/mol. The van der Waals surface area contributed by atoms with E-state index in [9.17, 15) is 4.79 Å². The Kier molecular flexibility index (Phi) is 6.23. The highest BCUT2D eigenvalue weighted by atomic mass is 35.5. The molecule has 1 saturated heterocycles. The van der Waals surface area contributed by atoms with Crippen LogP contribution in [0.1, 0.15) is 27.2 Å². The molecule has 5 nitrogen and oxygen atoms in total. The lowest BCUT2D eigenvalue weighted by Gasteiger charge is -2.36. The molecule has 1 amide bonds. The van der Waals surface area contributed by atoms with Gasteiger partial charge in [-0.1, -0.05) is 0 Å². The number of nitrogens with zero attached hydrogens (tertiary/aromatic N) is 1. The SMILES string of the molecule is COC1CN(C(=O)OC(C)(C)C)CCC1N.Cl. The smallest absolute Gasteiger partial charge is 0.410 e. The van der Waals surface area contributed by atoms with Crippen LogP contribution < -0.4 is 5.73 Å². The van der Waals surface area contributed by atoms with Crippen LogP contribution in [0.2, 0.25) is 0 Å². The number of nitrogens with two attached hydrogens (primary N) is 1. The Balaban J connectivity index is 0.00000256. The van der Waals surface area contributed by atoms with Crippen molar-refractivity contribution in [2.45, 2.75) is 44.9 Å². The first-order valence-corrected chi connectivity index (χ1v) is 5.60. The van der Waals surface area contributed by atoms with Gasteiger partial charge in [-0.05, 0) is 27.2 Å². The van der Waals surface area contributed by atoms with Gasteiger partial charge in [0.05, 0.1) is 12.6 Å². The molecule has 1 heterocycles. The normalized spacial score (nSPS) is 25.1. The third-order valence-corrected chi connectivity index (χ3v) is 2.56. The maximum Gasteiger partial charge on any atom is 0.410 e. The molecule has 1 fully saturated rings. The lowest BCUT2D eigenvalue weighted by Crippen LogP contribution is -2.53. The molecule has 2 N–H and O–H groups in total. The zero-order chi connectivity index (χ0) is 12.3. The molecule has 0 bridgehead atoms. The largest absolute Gasteiger partial charge is 0.444 e. The fourth-order valence-corrected chi connectivity index (χ4v) is 1.68. The number of methoxy groups -OCH3 is 1. The van der Waals surface area contributed by atoms with E-state index in [0.29, 0.717) is 13.1 Å². The number of hydrogen-bond donors (Lipinski definition) is 1. The van der Waals surface area contributed by atoms with E-state index in [2.05, 4.69) is 0 Å². The van der Waals surface area contributed by atoms with Crippen LogP contribution in [-0.4, -0.2) is 48.9 Å². The second-order valence-corrected chi connectivity index (χ2v) is 5.15. The number of amides is 1. The van der Waals surface area contributed by atoms with Crippen molar-refractivity contribution in [3.05, 3.63) is 0 Å². The summed E-state index contributed by atoms with van der Waals surface area (Å²) in [6.45, 7) is 6.71. The highest BCUT2D eigenvalue weighted by Crippen LogP contribution is 2.16. The number of likely N-dealkylation sites (tertiary alicyclic amines) is 1. The van der Waals surface area contributed by atoms with Crippen LogP contribution in [0.5, 0.6) is 0 Å². The summed E-state index contributed by atoms with van der Waals surface area (Å²) in [6.07, 6.45) is 0.361. The molecular formula is C11H23ClN2O3. The molecule has 0 aromatic carbocycles. The van der Waals surface area contributed by atoms with E-state index in [1.54, 1.807) is 12.0 Å². The third-order valence-electron chi connectivity index (χ3n) is 2.56. The summed E-state index contributed by atoms with van der Waals surface area (Å²) in [4.78, 5) is 13.4. The van der Waals surface area contributed by atoms with Crippen LogP contribution >= 0.6 is 12.4 Å². The van der Waals surface area contributed by atoms with Gasteiger partial charge < -0.3 is 20.1 Å². The van der Waals surface area contributed by atoms with Crippen molar-refractivity contribution in [1.82, 2.24) is 4.90 Å². The summed E-state index contributed by atoms with van der Waals surface area (Å²) in [5.41, 5.74) is 5.42. The van der Waals surface area contributed by atoms with Crippen molar-refractivity contribution in [2.75, 3.05) is 20.2 Å². The van der Waals surface area contributed by atoms with Gasteiger partial charge in [-0.25, -0.2) is 4.79 Å². The summed E-state index contributed by atoms with van der Waals surface area (Å²) < 4.78 is 10.5. The van der Waals surface area contributed by atoms with Crippen molar-refractivity contribution < 1.29 is 14.3 Å². The van der Waals surface area contributed by atoms with E-state index >= 15 is 0 Å². The minimum absolute atomic E-state index is 0. The zero-order valence-electron chi connectivity index (χ0n) is 10.9. The number of rotatable bonds is 1. The van der Waals surface area contributed by atoms with Gasteiger partial charge in [-0.3, -0.25) is 0 Å². The number of carbonyl (C=O) groups is 1.